The number of methoxy groups -OCH3 is 1. The largest absolute Gasteiger partial charge is 0.495 e. The summed E-state index contributed by atoms with van der Waals surface area (Å²) in [7, 11) is -0.628. The fraction of sp³-hybridized carbons (Fsp3) is 0.375. The molecule has 1 aromatic carbocycles. The minimum Gasteiger partial charge on any atom is -0.495 e. The molecule has 0 spiro atoms. The first-order valence-corrected chi connectivity index (χ1v) is 9.25. The van der Waals surface area contributed by atoms with Gasteiger partial charge in [0.1, 0.15) is 10.6 Å². The molecule has 8 nitrogen and oxygen atoms in total. The first kappa shape index (κ1) is 18.9. The Hall–Kier alpha value is -2.39. The summed E-state index contributed by atoms with van der Waals surface area (Å²) in [6.45, 7) is 4.17. The number of nitrogens with zero attached hydrogens (tertiary/aromatic N) is 3. The summed E-state index contributed by atoms with van der Waals surface area (Å²) in [4.78, 5) is 12.4. The van der Waals surface area contributed by atoms with Crippen LogP contribution in [0.1, 0.15) is 24.2 Å². The first-order valence-electron chi connectivity index (χ1n) is 7.81. The minimum absolute atomic E-state index is 0.0301. The number of sulfonamides is 1. The molecular weight excluding hydrogens is 344 g/mol. The number of hydrogen-bond acceptors (Lipinski definition) is 5. The number of hydrogen-bond donors (Lipinski definition) is 1. The zero-order chi connectivity index (χ0) is 18.6. The molecule has 0 aliphatic rings. The molecule has 25 heavy (non-hydrogen) atoms. The number of ether oxygens (including phenoxy) is 1. The monoisotopic (exact) mass is 366 g/mol. The lowest BCUT2D eigenvalue weighted by Crippen LogP contribution is -2.31. The lowest BCUT2D eigenvalue weighted by atomic mass is 10.2. The van der Waals surface area contributed by atoms with Gasteiger partial charge in [0, 0.05) is 31.9 Å². The van der Waals surface area contributed by atoms with Crippen molar-refractivity contribution in [3.8, 4) is 5.75 Å². The van der Waals surface area contributed by atoms with Gasteiger partial charge in [-0.25, -0.2) is 8.42 Å². The molecule has 9 heteroatoms. The van der Waals surface area contributed by atoms with Crippen molar-refractivity contribution in [3.05, 3.63) is 36.2 Å². The van der Waals surface area contributed by atoms with E-state index in [9.17, 15) is 13.2 Å². The van der Waals surface area contributed by atoms with E-state index in [1.807, 2.05) is 0 Å². The lowest BCUT2D eigenvalue weighted by Gasteiger charge is -2.20. The van der Waals surface area contributed by atoms with Gasteiger partial charge in [0.25, 0.3) is 5.91 Å². The highest BCUT2D eigenvalue weighted by Gasteiger charge is 2.26. The van der Waals surface area contributed by atoms with Crippen LogP contribution in [0.15, 0.2) is 35.5 Å². The average molecular weight is 366 g/mol. The Balaban J connectivity index is 2.41. The van der Waals surface area contributed by atoms with Gasteiger partial charge in [-0.05, 0) is 18.2 Å². The molecule has 0 aliphatic heterocycles. The fourth-order valence-corrected chi connectivity index (χ4v) is 4.05. The Bertz CT molecular complexity index is 857. The van der Waals surface area contributed by atoms with Crippen LogP contribution in [0.2, 0.25) is 0 Å². The van der Waals surface area contributed by atoms with Gasteiger partial charge in [-0.1, -0.05) is 13.8 Å². The van der Waals surface area contributed by atoms with Gasteiger partial charge in [-0.15, -0.1) is 0 Å². The number of carbonyl (C=O) groups is 1. The van der Waals surface area contributed by atoms with Gasteiger partial charge < -0.3 is 10.1 Å². The van der Waals surface area contributed by atoms with E-state index in [0.717, 1.165) is 0 Å². The number of aromatic nitrogens is 2. The van der Waals surface area contributed by atoms with E-state index in [1.165, 1.54) is 35.8 Å². The second-order valence-corrected chi connectivity index (χ2v) is 7.22. The molecule has 0 unspecified atom stereocenters. The molecule has 1 N–H and O–H groups in total. The van der Waals surface area contributed by atoms with Crippen LogP contribution in [-0.2, 0) is 17.1 Å². The maximum Gasteiger partial charge on any atom is 0.255 e. The van der Waals surface area contributed by atoms with Crippen LogP contribution < -0.4 is 10.1 Å². The SMILES string of the molecule is CCN(CC)S(=O)(=O)c1cc(C(=O)Nc2cnn(C)c2)ccc1OC. The average Bonchev–Trinajstić information content (AvgIpc) is 2.99. The summed E-state index contributed by atoms with van der Waals surface area (Å²) in [5, 5.41) is 6.65. The summed E-state index contributed by atoms with van der Waals surface area (Å²) >= 11 is 0. The van der Waals surface area contributed by atoms with E-state index in [4.69, 9.17) is 4.74 Å². The van der Waals surface area contributed by atoms with Crippen LogP contribution in [0.4, 0.5) is 5.69 Å². The smallest absolute Gasteiger partial charge is 0.255 e. The molecule has 1 aromatic heterocycles. The standard InChI is InChI=1S/C16H22N4O4S/c1-5-20(6-2)25(22,23)15-9-12(7-8-14(15)24-4)16(21)18-13-10-17-19(3)11-13/h7-11H,5-6H2,1-4H3,(H,18,21). The third kappa shape index (κ3) is 3.99. The van der Waals surface area contributed by atoms with Gasteiger partial charge in [0.2, 0.25) is 10.0 Å². The summed E-state index contributed by atoms with van der Waals surface area (Å²) in [5.74, 6) is -0.225. The minimum atomic E-state index is -3.76. The second-order valence-electron chi connectivity index (χ2n) is 5.31. The molecule has 0 aliphatic carbocycles. The lowest BCUT2D eigenvalue weighted by molar-refractivity contribution is 0.102. The van der Waals surface area contributed by atoms with Crippen molar-refractivity contribution in [3.63, 3.8) is 0 Å². The van der Waals surface area contributed by atoms with Crippen molar-refractivity contribution in [2.45, 2.75) is 18.7 Å². The number of benzene rings is 1. The number of amides is 1. The van der Waals surface area contributed by atoms with Crippen LogP contribution in [0, 0.1) is 0 Å². The Labute approximate surface area is 147 Å². The molecule has 2 rings (SSSR count). The molecule has 1 heterocycles. The van der Waals surface area contributed by atoms with Crippen molar-refractivity contribution < 1.29 is 17.9 Å². The molecule has 0 atom stereocenters. The predicted octanol–water partition coefficient (Wildman–Crippen LogP) is 1.71. The van der Waals surface area contributed by atoms with Gasteiger partial charge in [-0.3, -0.25) is 9.48 Å². The van der Waals surface area contributed by atoms with Crippen molar-refractivity contribution in [2.75, 3.05) is 25.5 Å². The molecule has 1 amide bonds. The highest BCUT2D eigenvalue weighted by atomic mass is 32.2. The Morgan fingerprint density at radius 2 is 2.00 bits per heavy atom. The maximum atomic E-state index is 12.8. The number of nitrogens with one attached hydrogen (secondary N) is 1. The van der Waals surface area contributed by atoms with E-state index < -0.39 is 15.9 Å². The summed E-state index contributed by atoms with van der Waals surface area (Å²) in [5.41, 5.74) is 0.742. The molecule has 0 bridgehead atoms. The molecule has 2 aromatic rings. The van der Waals surface area contributed by atoms with Gasteiger partial charge in [0.05, 0.1) is 19.0 Å². The van der Waals surface area contributed by atoms with Crippen LogP contribution in [-0.4, -0.2) is 48.6 Å². The highest BCUT2D eigenvalue weighted by molar-refractivity contribution is 7.89. The molecule has 0 saturated heterocycles. The maximum absolute atomic E-state index is 12.8. The zero-order valence-electron chi connectivity index (χ0n) is 14.7. The number of aryl methyl sites for hydroxylation is 1. The van der Waals surface area contributed by atoms with Crippen molar-refractivity contribution in [1.29, 1.82) is 0 Å². The zero-order valence-corrected chi connectivity index (χ0v) is 15.5. The van der Waals surface area contributed by atoms with E-state index in [0.29, 0.717) is 18.8 Å². The highest BCUT2D eigenvalue weighted by Crippen LogP contribution is 2.28. The molecular formula is C16H22N4O4S. The molecule has 0 fully saturated rings. The summed E-state index contributed by atoms with van der Waals surface area (Å²) in [6.07, 6.45) is 3.16. The fourth-order valence-electron chi connectivity index (χ4n) is 2.41. The van der Waals surface area contributed by atoms with Crippen molar-refractivity contribution >= 4 is 21.6 Å². The summed E-state index contributed by atoms with van der Waals surface area (Å²) in [6, 6.07) is 4.33. The Kier molecular flexibility index (Phi) is 5.81. The topological polar surface area (TPSA) is 93.5 Å². The normalized spacial score (nSPS) is 11.6. The summed E-state index contributed by atoms with van der Waals surface area (Å²) < 4.78 is 33.7. The Morgan fingerprint density at radius 3 is 2.52 bits per heavy atom. The van der Waals surface area contributed by atoms with Gasteiger partial charge >= 0.3 is 0 Å². The second kappa shape index (κ2) is 7.66. The Morgan fingerprint density at radius 1 is 1.32 bits per heavy atom. The third-order valence-electron chi connectivity index (χ3n) is 3.71. The van der Waals surface area contributed by atoms with Crippen molar-refractivity contribution in [2.24, 2.45) is 7.05 Å². The van der Waals surface area contributed by atoms with Crippen molar-refractivity contribution in [1.82, 2.24) is 14.1 Å². The third-order valence-corrected chi connectivity index (χ3v) is 5.78. The van der Waals surface area contributed by atoms with Gasteiger partial charge in [0.15, 0.2) is 0 Å². The molecule has 0 radical (unpaired) electrons. The van der Waals surface area contributed by atoms with Crippen LogP contribution in [0.5, 0.6) is 5.75 Å². The van der Waals surface area contributed by atoms with E-state index in [-0.39, 0.29) is 16.2 Å². The molecule has 0 saturated carbocycles. The number of rotatable bonds is 7. The van der Waals surface area contributed by atoms with E-state index in [2.05, 4.69) is 10.4 Å². The number of anilines is 1. The van der Waals surface area contributed by atoms with Gasteiger partial charge in [-0.2, -0.15) is 9.40 Å². The number of carbonyl (C=O) groups excluding carboxylic acids is 1. The van der Waals surface area contributed by atoms with Crippen LogP contribution in [0.25, 0.3) is 0 Å². The quantitative estimate of drug-likeness (QED) is 0.805. The molecule has 136 valence electrons. The first-order chi connectivity index (χ1) is 11.8. The van der Waals surface area contributed by atoms with Crippen LogP contribution >= 0.6 is 0 Å². The predicted molar refractivity (Wildman–Crippen MR) is 94.3 cm³/mol. The van der Waals surface area contributed by atoms with E-state index in [1.54, 1.807) is 31.8 Å². The van der Waals surface area contributed by atoms with Crippen LogP contribution in [0.3, 0.4) is 0 Å². The van der Waals surface area contributed by atoms with E-state index >= 15 is 0 Å².